The minimum Gasteiger partial charge on any atom is -0.492 e. The van der Waals surface area contributed by atoms with Crippen LogP contribution >= 0.6 is 0 Å². The summed E-state index contributed by atoms with van der Waals surface area (Å²) in [6.07, 6.45) is 3.13. The van der Waals surface area contributed by atoms with Gasteiger partial charge >= 0.3 is 0 Å². The van der Waals surface area contributed by atoms with E-state index in [2.05, 4.69) is 29.9 Å². The first-order valence-corrected chi connectivity index (χ1v) is 7.58. The maximum Gasteiger partial charge on any atom is 0.119 e. The Morgan fingerprint density at radius 3 is 2.64 bits per heavy atom. The van der Waals surface area contributed by atoms with Gasteiger partial charge in [-0.2, -0.15) is 5.10 Å². The Morgan fingerprint density at radius 2 is 2.00 bits per heavy atom. The summed E-state index contributed by atoms with van der Waals surface area (Å²) in [4.78, 5) is 2.07. The molecule has 5 nitrogen and oxygen atoms in total. The molecule has 2 aromatic rings. The van der Waals surface area contributed by atoms with Crippen molar-refractivity contribution in [2.45, 2.75) is 26.5 Å². The molecule has 0 spiro atoms. The molecular weight excluding hydrogens is 278 g/mol. The number of aryl methyl sites for hydroxylation is 2. The Labute approximate surface area is 132 Å². The van der Waals surface area contributed by atoms with Crippen molar-refractivity contribution in [3.8, 4) is 5.75 Å². The molecule has 0 fully saturated rings. The lowest BCUT2D eigenvalue weighted by Gasteiger charge is -2.20. The van der Waals surface area contributed by atoms with E-state index in [9.17, 15) is 5.11 Å². The predicted octanol–water partition coefficient (Wildman–Crippen LogP) is 1.87. The molecule has 0 aliphatic heterocycles. The molecular formula is C17H25N3O2. The van der Waals surface area contributed by atoms with Crippen LogP contribution in [0.2, 0.25) is 0 Å². The highest BCUT2D eigenvalue weighted by Crippen LogP contribution is 2.16. The van der Waals surface area contributed by atoms with Crippen molar-refractivity contribution in [3.05, 3.63) is 47.8 Å². The number of benzene rings is 1. The highest BCUT2D eigenvalue weighted by molar-refractivity contribution is 5.32. The Balaban J connectivity index is 1.69. The standard InChI is InChI=1S/C17H25N3O2/c1-14-9-15(2)11-17(10-14)22-8-7-19(3)12-16(21)13-20-6-4-5-18-20/h4-6,9-11,16,21H,7-8,12-13H2,1-3H3/t16-/m0/s1. The second-order valence-electron chi connectivity index (χ2n) is 5.82. The third kappa shape index (κ3) is 5.50. The van der Waals surface area contributed by atoms with Crippen molar-refractivity contribution in [3.63, 3.8) is 0 Å². The van der Waals surface area contributed by atoms with Crippen LogP contribution in [0.1, 0.15) is 11.1 Å². The number of hydrogen-bond acceptors (Lipinski definition) is 4. The van der Waals surface area contributed by atoms with Gasteiger partial charge in [0.2, 0.25) is 0 Å². The van der Waals surface area contributed by atoms with Gasteiger partial charge in [0.1, 0.15) is 12.4 Å². The second kappa shape index (κ2) is 7.96. The number of likely N-dealkylation sites (N-methyl/N-ethyl adjacent to an activating group) is 1. The van der Waals surface area contributed by atoms with Crippen LogP contribution in [0.15, 0.2) is 36.7 Å². The number of ether oxygens (including phenoxy) is 1. The minimum absolute atomic E-state index is 0.439. The molecule has 22 heavy (non-hydrogen) atoms. The van der Waals surface area contributed by atoms with Crippen LogP contribution in [0, 0.1) is 13.8 Å². The molecule has 0 amide bonds. The summed E-state index contributed by atoms with van der Waals surface area (Å²) in [5, 5.41) is 14.1. The third-order valence-electron chi connectivity index (χ3n) is 3.42. The lowest BCUT2D eigenvalue weighted by molar-refractivity contribution is 0.0995. The van der Waals surface area contributed by atoms with Crippen LogP contribution in [-0.4, -0.2) is 52.6 Å². The van der Waals surface area contributed by atoms with Gasteiger partial charge in [0.25, 0.3) is 0 Å². The molecule has 1 heterocycles. The van der Waals surface area contributed by atoms with Gasteiger partial charge in [-0.15, -0.1) is 0 Å². The monoisotopic (exact) mass is 303 g/mol. The van der Waals surface area contributed by atoms with Crippen LogP contribution in [-0.2, 0) is 6.54 Å². The number of aliphatic hydroxyl groups excluding tert-OH is 1. The lowest BCUT2D eigenvalue weighted by Crippen LogP contribution is -2.34. The van der Waals surface area contributed by atoms with Crippen molar-refractivity contribution in [2.24, 2.45) is 0 Å². The van der Waals surface area contributed by atoms with Gasteiger partial charge in [-0.3, -0.25) is 4.68 Å². The number of rotatable bonds is 8. The largest absolute Gasteiger partial charge is 0.492 e. The van der Waals surface area contributed by atoms with Gasteiger partial charge in [-0.1, -0.05) is 6.07 Å². The number of nitrogens with zero attached hydrogens (tertiary/aromatic N) is 3. The lowest BCUT2D eigenvalue weighted by atomic mass is 10.1. The first kappa shape index (κ1) is 16.5. The number of aromatic nitrogens is 2. The first-order chi connectivity index (χ1) is 10.5. The van der Waals surface area contributed by atoms with Crippen LogP contribution in [0.3, 0.4) is 0 Å². The van der Waals surface area contributed by atoms with E-state index in [1.165, 1.54) is 11.1 Å². The van der Waals surface area contributed by atoms with Gasteiger partial charge in [-0.25, -0.2) is 0 Å². The topological polar surface area (TPSA) is 50.5 Å². The van der Waals surface area contributed by atoms with Gasteiger partial charge in [0, 0.05) is 25.5 Å². The van der Waals surface area contributed by atoms with Crippen molar-refractivity contribution in [1.29, 1.82) is 0 Å². The molecule has 2 rings (SSSR count). The molecule has 0 saturated heterocycles. The van der Waals surface area contributed by atoms with E-state index in [4.69, 9.17) is 4.74 Å². The molecule has 1 atom stereocenters. The maximum atomic E-state index is 10.0. The van der Waals surface area contributed by atoms with Crippen LogP contribution in [0.4, 0.5) is 0 Å². The molecule has 0 aliphatic rings. The van der Waals surface area contributed by atoms with Crippen LogP contribution < -0.4 is 4.74 Å². The summed E-state index contributed by atoms with van der Waals surface area (Å²) in [5.74, 6) is 0.906. The number of hydrogen-bond donors (Lipinski definition) is 1. The van der Waals surface area contributed by atoms with Crippen molar-refractivity contribution < 1.29 is 9.84 Å². The fourth-order valence-corrected chi connectivity index (χ4v) is 2.47. The SMILES string of the molecule is Cc1cc(C)cc(OCCN(C)C[C@H](O)Cn2cccn2)c1. The van der Waals surface area contributed by atoms with Gasteiger partial charge in [0.15, 0.2) is 0 Å². The maximum absolute atomic E-state index is 10.0. The zero-order chi connectivity index (χ0) is 15.9. The fourth-order valence-electron chi connectivity index (χ4n) is 2.47. The average Bonchev–Trinajstić information content (AvgIpc) is 2.90. The predicted molar refractivity (Wildman–Crippen MR) is 87.1 cm³/mol. The van der Waals surface area contributed by atoms with E-state index in [0.717, 1.165) is 12.3 Å². The third-order valence-corrected chi connectivity index (χ3v) is 3.42. The van der Waals surface area contributed by atoms with E-state index in [0.29, 0.717) is 19.7 Å². The summed E-state index contributed by atoms with van der Waals surface area (Å²) in [5.41, 5.74) is 2.41. The molecule has 0 bridgehead atoms. The summed E-state index contributed by atoms with van der Waals surface area (Å²) in [6.45, 7) is 6.61. The highest BCUT2D eigenvalue weighted by atomic mass is 16.5. The molecule has 0 aliphatic carbocycles. The Kier molecular flexibility index (Phi) is 5.98. The molecule has 1 aromatic heterocycles. The highest BCUT2D eigenvalue weighted by Gasteiger charge is 2.09. The smallest absolute Gasteiger partial charge is 0.119 e. The Bertz CT molecular complexity index is 549. The van der Waals surface area contributed by atoms with E-state index in [1.54, 1.807) is 10.9 Å². The number of aliphatic hydroxyl groups is 1. The van der Waals surface area contributed by atoms with Crippen molar-refractivity contribution >= 4 is 0 Å². The van der Waals surface area contributed by atoms with Crippen molar-refractivity contribution in [1.82, 2.24) is 14.7 Å². The van der Waals surface area contributed by atoms with Gasteiger partial charge in [0.05, 0.1) is 12.6 Å². The van der Waals surface area contributed by atoms with E-state index < -0.39 is 6.10 Å². The first-order valence-electron chi connectivity index (χ1n) is 7.58. The van der Waals surface area contributed by atoms with E-state index in [1.807, 2.05) is 31.4 Å². The normalized spacial score (nSPS) is 12.6. The summed E-state index contributed by atoms with van der Waals surface area (Å²) in [6, 6.07) is 8.07. The minimum atomic E-state index is -0.439. The van der Waals surface area contributed by atoms with Crippen LogP contribution in [0.25, 0.3) is 0 Å². The zero-order valence-electron chi connectivity index (χ0n) is 13.6. The summed E-state index contributed by atoms with van der Waals surface area (Å²) < 4.78 is 7.53. The molecule has 5 heteroatoms. The Morgan fingerprint density at radius 1 is 1.27 bits per heavy atom. The molecule has 0 radical (unpaired) electrons. The molecule has 1 N–H and O–H groups in total. The Hall–Kier alpha value is -1.85. The zero-order valence-corrected chi connectivity index (χ0v) is 13.6. The fraction of sp³-hybridized carbons (Fsp3) is 0.471. The average molecular weight is 303 g/mol. The quantitative estimate of drug-likeness (QED) is 0.809. The van der Waals surface area contributed by atoms with Crippen LogP contribution in [0.5, 0.6) is 5.75 Å². The van der Waals surface area contributed by atoms with Crippen molar-refractivity contribution in [2.75, 3.05) is 26.7 Å². The van der Waals surface area contributed by atoms with E-state index in [-0.39, 0.29) is 0 Å². The van der Waals surface area contributed by atoms with E-state index >= 15 is 0 Å². The molecule has 0 saturated carbocycles. The molecule has 1 aromatic carbocycles. The summed E-state index contributed by atoms with van der Waals surface area (Å²) >= 11 is 0. The van der Waals surface area contributed by atoms with Gasteiger partial charge < -0.3 is 14.7 Å². The molecule has 120 valence electrons. The second-order valence-corrected chi connectivity index (χ2v) is 5.82. The summed E-state index contributed by atoms with van der Waals surface area (Å²) in [7, 11) is 1.98. The molecule has 0 unspecified atom stereocenters. The van der Waals surface area contributed by atoms with Gasteiger partial charge in [-0.05, 0) is 50.2 Å².